The number of thiazole rings is 1. The van der Waals surface area contributed by atoms with Crippen molar-refractivity contribution < 1.29 is 4.79 Å². The van der Waals surface area contributed by atoms with Crippen molar-refractivity contribution in [1.82, 2.24) is 4.98 Å². The van der Waals surface area contributed by atoms with Crippen LogP contribution in [0.3, 0.4) is 0 Å². The molecule has 4 nitrogen and oxygen atoms in total. The fourth-order valence-corrected chi connectivity index (χ4v) is 2.56. The highest BCUT2D eigenvalue weighted by molar-refractivity contribution is 9.10. The first-order valence-corrected chi connectivity index (χ1v) is 7.92. The lowest BCUT2D eigenvalue weighted by atomic mass is 10.1. The Morgan fingerprint density at radius 2 is 1.95 bits per heavy atom. The molecule has 1 amide bonds. The highest BCUT2D eigenvalue weighted by Gasteiger charge is 2.18. The van der Waals surface area contributed by atoms with E-state index in [9.17, 15) is 4.79 Å². The molecule has 0 saturated heterocycles. The van der Waals surface area contributed by atoms with E-state index in [4.69, 9.17) is 5.73 Å². The van der Waals surface area contributed by atoms with Crippen LogP contribution in [0.5, 0.6) is 0 Å². The van der Waals surface area contributed by atoms with E-state index in [-0.39, 0.29) is 24.2 Å². The predicted molar refractivity (Wildman–Crippen MR) is 93.9 cm³/mol. The summed E-state index contributed by atoms with van der Waals surface area (Å²) in [4.78, 5) is 16.3. The summed E-state index contributed by atoms with van der Waals surface area (Å²) in [5, 5.41) is 5.25. The lowest BCUT2D eigenvalue weighted by Crippen LogP contribution is -2.39. The number of nitrogens with zero attached hydrogens (tertiary/aromatic N) is 1. The zero-order valence-corrected chi connectivity index (χ0v) is 14.9. The molecule has 0 spiro atoms. The number of carbonyl (C=O) groups is 1. The minimum absolute atomic E-state index is 0. The molecule has 1 atom stereocenters. The van der Waals surface area contributed by atoms with E-state index < -0.39 is 6.04 Å². The van der Waals surface area contributed by atoms with Crippen molar-refractivity contribution in [3.8, 4) is 11.3 Å². The van der Waals surface area contributed by atoms with Crippen LogP contribution in [0, 0.1) is 5.92 Å². The highest BCUT2D eigenvalue weighted by Crippen LogP contribution is 2.26. The number of amides is 1. The van der Waals surface area contributed by atoms with Gasteiger partial charge in [-0.25, -0.2) is 4.98 Å². The number of benzene rings is 1. The Morgan fingerprint density at radius 3 is 2.52 bits per heavy atom. The summed E-state index contributed by atoms with van der Waals surface area (Å²) >= 11 is 4.79. The molecule has 0 saturated carbocycles. The maximum atomic E-state index is 11.9. The van der Waals surface area contributed by atoms with Gasteiger partial charge >= 0.3 is 0 Å². The molecule has 0 aliphatic rings. The van der Waals surface area contributed by atoms with E-state index in [0.29, 0.717) is 5.13 Å². The predicted octanol–water partition coefficient (Wildman–Crippen LogP) is 3.92. The molecule has 1 heterocycles. The minimum atomic E-state index is -0.518. The van der Waals surface area contributed by atoms with Crippen molar-refractivity contribution in [3.63, 3.8) is 0 Å². The Labute approximate surface area is 142 Å². The Morgan fingerprint density at radius 1 is 1.33 bits per heavy atom. The van der Waals surface area contributed by atoms with E-state index in [1.165, 1.54) is 11.3 Å². The summed E-state index contributed by atoms with van der Waals surface area (Å²) in [7, 11) is 0. The van der Waals surface area contributed by atoms with Gasteiger partial charge in [0, 0.05) is 15.4 Å². The lowest BCUT2D eigenvalue weighted by Gasteiger charge is -2.13. The van der Waals surface area contributed by atoms with Crippen molar-refractivity contribution in [3.05, 3.63) is 34.1 Å². The lowest BCUT2D eigenvalue weighted by molar-refractivity contribution is -0.118. The fourth-order valence-electron chi connectivity index (χ4n) is 1.58. The third-order valence-corrected chi connectivity index (χ3v) is 4.18. The van der Waals surface area contributed by atoms with Gasteiger partial charge in [-0.3, -0.25) is 4.79 Å². The number of anilines is 1. The largest absolute Gasteiger partial charge is 0.320 e. The van der Waals surface area contributed by atoms with Crippen molar-refractivity contribution in [2.24, 2.45) is 11.7 Å². The molecular formula is C14H17BrClN3OS. The molecule has 7 heteroatoms. The van der Waals surface area contributed by atoms with Gasteiger partial charge < -0.3 is 11.1 Å². The summed E-state index contributed by atoms with van der Waals surface area (Å²) in [6.45, 7) is 3.83. The molecule has 2 aromatic rings. The van der Waals surface area contributed by atoms with Crippen molar-refractivity contribution in [2.75, 3.05) is 5.32 Å². The van der Waals surface area contributed by atoms with Gasteiger partial charge in [-0.2, -0.15) is 0 Å². The number of nitrogens with one attached hydrogen (secondary N) is 1. The molecule has 0 radical (unpaired) electrons. The summed E-state index contributed by atoms with van der Waals surface area (Å²) in [6.07, 6.45) is 0. The highest BCUT2D eigenvalue weighted by atomic mass is 79.9. The van der Waals surface area contributed by atoms with Crippen LogP contribution in [-0.2, 0) is 4.79 Å². The molecule has 1 unspecified atom stereocenters. The van der Waals surface area contributed by atoms with Gasteiger partial charge in [-0.1, -0.05) is 41.9 Å². The number of carbonyl (C=O) groups excluding carboxylic acids is 1. The molecule has 0 aliphatic heterocycles. The minimum Gasteiger partial charge on any atom is -0.320 e. The van der Waals surface area contributed by atoms with Crippen LogP contribution in [0.1, 0.15) is 13.8 Å². The molecule has 114 valence electrons. The van der Waals surface area contributed by atoms with Gasteiger partial charge in [0.15, 0.2) is 5.13 Å². The third kappa shape index (κ3) is 4.78. The van der Waals surface area contributed by atoms with Gasteiger partial charge in [0.2, 0.25) is 5.91 Å². The second-order valence-electron chi connectivity index (χ2n) is 4.80. The smallest absolute Gasteiger partial charge is 0.243 e. The van der Waals surface area contributed by atoms with Gasteiger partial charge in [-0.15, -0.1) is 23.7 Å². The number of rotatable bonds is 4. The SMILES string of the molecule is CC(C)C(N)C(=O)Nc1nc(-c2ccc(Br)cc2)cs1.Cl. The van der Waals surface area contributed by atoms with Crippen LogP contribution in [0.4, 0.5) is 5.13 Å². The number of hydrogen-bond acceptors (Lipinski definition) is 4. The average molecular weight is 391 g/mol. The van der Waals surface area contributed by atoms with Crippen LogP contribution in [0.15, 0.2) is 34.1 Å². The number of halogens is 2. The summed E-state index contributed by atoms with van der Waals surface area (Å²) in [5.41, 5.74) is 7.66. The molecule has 3 N–H and O–H groups in total. The Balaban J connectivity index is 0.00000220. The van der Waals surface area contributed by atoms with E-state index in [2.05, 4.69) is 26.2 Å². The first-order chi connectivity index (χ1) is 9.47. The van der Waals surface area contributed by atoms with Crippen molar-refractivity contribution in [1.29, 1.82) is 0 Å². The van der Waals surface area contributed by atoms with Gasteiger partial charge in [0.05, 0.1) is 11.7 Å². The van der Waals surface area contributed by atoms with Crippen molar-refractivity contribution in [2.45, 2.75) is 19.9 Å². The zero-order chi connectivity index (χ0) is 14.7. The first kappa shape index (κ1) is 18.1. The third-order valence-electron chi connectivity index (χ3n) is 2.90. The van der Waals surface area contributed by atoms with Crippen LogP contribution in [0.25, 0.3) is 11.3 Å². The van der Waals surface area contributed by atoms with E-state index in [0.717, 1.165) is 15.7 Å². The monoisotopic (exact) mass is 389 g/mol. The molecular weight excluding hydrogens is 374 g/mol. The summed E-state index contributed by atoms with van der Waals surface area (Å²) in [5.74, 6) is -0.0994. The van der Waals surface area contributed by atoms with Crippen LogP contribution < -0.4 is 11.1 Å². The molecule has 0 fully saturated rings. The number of hydrogen-bond donors (Lipinski definition) is 2. The topological polar surface area (TPSA) is 68.0 Å². The quantitative estimate of drug-likeness (QED) is 0.831. The fraction of sp³-hybridized carbons (Fsp3) is 0.286. The maximum absolute atomic E-state index is 11.9. The first-order valence-electron chi connectivity index (χ1n) is 6.25. The molecule has 1 aromatic carbocycles. The Bertz CT molecular complexity index is 601. The average Bonchev–Trinajstić information content (AvgIpc) is 2.87. The van der Waals surface area contributed by atoms with Crippen LogP contribution in [-0.4, -0.2) is 16.9 Å². The molecule has 0 bridgehead atoms. The van der Waals surface area contributed by atoms with Crippen molar-refractivity contribution >= 4 is 50.7 Å². The van der Waals surface area contributed by atoms with Gasteiger partial charge in [0.25, 0.3) is 0 Å². The standard InChI is InChI=1S/C14H16BrN3OS.ClH/c1-8(2)12(16)13(19)18-14-17-11(7-20-14)9-3-5-10(15)6-4-9;/h3-8,12H,16H2,1-2H3,(H,17,18,19);1H. The molecule has 2 rings (SSSR count). The van der Waals surface area contributed by atoms with Gasteiger partial charge in [-0.05, 0) is 18.1 Å². The number of aromatic nitrogens is 1. The second-order valence-corrected chi connectivity index (χ2v) is 6.58. The van der Waals surface area contributed by atoms with Crippen LogP contribution in [0.2, 0.25) is 0 Å². The van der Waals surface area contributed by atoms with Gasteiger partial charge in [0.1, 0.15) is 0 Å². The summed E-state index contributed by atoms with van der Waals surface area (Å²) < 4.78 is 1.02. The molecule has 0 aliphatic carbocycles. The maximum Gasteiger partial charge on any atom is 0.243 e. The normalized spacial score (nSPS) is 11.9. The molecule has 21 heavy (non-hydrogen) atoms. The zero-order valence-electron chi connectivity index (χ0n) is 11.7. The van der Waals surface area contributed by atoms with Crippen LogP contribution >= 0.6 is 39.7 Å². The summed E-state index contributed by atoms with van der Waals surface area (Å²) in [6, 6.07) is 7.35. The number of nitrogens with two attached hydrogens (primary N) is 1. The second kappa shape index (κ2) is 7.89. The van der Waals surface area contributed by atoms with E-state index >= 15 is 0 Å². The Hall–Kier alpha value is -0.950. The van der Waals surface area contributed by atoms with E-state index in [1.54, 1.807) is 0 Å². The Kier molecular flexibility index (Phi) is 6.80. The molecule has 1 aromatic heterocycles. The van der Waals surface area contributed by atoms with E-state index in [1.807, 2.05) is 43.5 Å².